The molecule has 2 aliphatic rings. The minimum atomic E-state index is -1.05. The first-order valence-electron chi connectivity index (χ1n) is 9.17. The van der Waals surface area contributed by atoms with Crippen LogP contribution in [0.1, 0.15) is 26.2 Å². The summed E-state index contributed by atoms with van der Waals surface area (Å²) in [7, 11) is 0. The minimum Gasteiger partial charge on any atom is -0.480 e. The number of likely N-dealkylation sites (tertiary alicyclic amines) is 1. The molecule has 1 aromatic carbocycles. The molecule has 150 valence electrons. The van der Waals surface area contributed by atoms with Gasteiger partial charge in [0.1, 0.15) is 17.9 Å². The Labute approximate surface area is 161 Å². The molecular formula is C19H22FN3O5. The first-order chi connectivity index (χ1) is 13.3. The van der Waals surface area contributed by atoms with E-state index >= 15 is 0 Å². The third-order valence-electron chi connectivity index (χ3n) is 5.18. The predicted octanol–water partition coefficient (Wildman–Crippen LogP) is 0.759. The summed E-state index contributed by atoms with van der Waals surface area (Å²) in [6, 6.07) is 3.67. The molecule has 2 aliphatic heterocycles. The molecule has 3 atom stereocenters. The lowest BCUT2D eigenvalue weighted by Crippen LogP contribution is -2.51. The number of nitrogens with zero attached hydrogens (tertiary/aromatic N) is 2. The van der Waals surface area contributed by atoms with Crippen LogP contribution in [0.2, 0.25) is 0 Å². The van der Waals surface area contributed by atoms with Crippen molar-refractivity contribution in [1.29, 1.82) is 0 Å². The van der Waals surface area contributed by atoms with E-state index in [9.17, 15) is 28.7 Å². The number of carboxylic acid groups (broad SMARTS) is 1. The standard InChI is InChI=1S/C19H22FN3O5/c1-11(18(26)22-8-2-3-15(22)19(27)28)21-17(25)12-9-16(24)23(10-12)14-6-4-13(20)5-7-14/h4-7,11-12,15H,2-3,8-10H2,1H3,(H,21,25)(H,27,28)/t11-,12-,15+/m0/s1. The zero-order valence-electron chi connectivity index (χ0n) is 15.4. The van der Waals surface area contributed by atoms with E-state index in [4.69, 9.17) is 0 Å². The van der Waals surface area contributed by atoms with Crippen LogP contribution in [0, 0.1) is 11.7 Å². The topological polar surface area (TPSA) is 107 Å². The van der Waals surface area contributed by atoms with E-state index < -0.39 is 41.6 Å². The van der Waals surface area contributed by atoms with Crippen molar-refractivity contribution in [3.63, 3.8) is 0 Å². The number of carbonyl (C=O) groups is 4. The Morgan fingerprint density at radius 2 is 1.93 bits per heavy atom. The zero-order chi connectivity index (χ0) is 20.4. The lowest BCUT2D eigenvalue weighted by molar-refractivity contribution is -0.149. The summed E-state index contributed by atoms with van der Waals surface area (Å²) in [4.78, 5) is 51.2. The molecule has 0 aliphatic carbocycles. The molecule has 3 rings (SSSR count). The Bertz CT molecular complexity index is 797. The van der Waals surface area contributed by atoms with Gasteiger partial charge < -0.3 is 20.2 Å². The SMILES string of the molecule is C[C@H](NC(=O)[C@H]1CC(=O)N(c2ccc(F)cc2)C1)C(=O)N1CCC[C@@H]1C(=O)O. The van der Waals surface area contributed by atoms with Crippen molar-refractivity contribution in [2.75, 3.05) is 18.0 Å². The number of anilines is 1. The summed E-state index contributed by atoms with van der Waals surface area (Å²) in [5, 5.41) is 11.8. The number of carbonyl (C=O) groups excluding carboxylic acids is 3. The highest BCUT2D eigenvalue weighted by Crippen LogP contribution is 2.25. The van der Waals surface area contributed by atoms with Crippen LogP contribution in [0.4, 0.5) is 10.1 Å². The molecule has 0 bridgehead atoms. The molecule has 0 saturated carbocycles. The molecule has 0 unspecified atom stereocenters. The van der Waals surface area contributed by atoms with E-state index in [0.29, 0.717) is 25.1 Å². The number of hydrogen-bond donors (Lipinski definition) is 2. The summed E-state index contributed by atoms with van der Waals surface area (Å²) in [6.45, 7) is 1.99. The second-order valence-electron chi connectivity index (χ2n) is 7.14. The maximum Gasteiger partial charge on any atom is 0.326 e. The van der Waals surface area contributed by atoms with Crippen LogP contribution in [-0.2, 0) is 19.2 Å². The van der Waals surface area contributed by atoms with E-state index in [1.54, 1.807) is 0 Å². The molecule has 3 amide bonds. The summed E-state index contributed by atoms with van der Waals surface area (Å²) < 4.78 is 13.1. The smallest absolute Gasteiger partial charge is 0.326 e. The number of hydrogen-bond acceptors (Lipinski definition) is 4. The molecule has 0 spiro atoms. The van der Waals surface area contributed by atoms with Crippen LogP contribution in [0.3, 0.4) is 0 Å². The monoisotopic (exact) mass is 391 g/mol. The third-order valence-corrected chi connectivity index (χ3v) is 5.18. The highest BCUT2D eigenvalue weighted by atomic mass is 19.1. The van der Waals surface area contributed by atoms with Crippen molar-refractivity contribution in [2.45, 2.75) is 38.3 Å². The van der Waals surface area contributed by atoms with Crippen molar-refractivity contribution in [1.82, 2.24) is 10.2 Å². The fourth-order valence-electron chi connectivity index (χ4n) is 3.68. The van der Waals surface area contributed by atoms with Crippen molar-refractivity contribution < 1.29 is 28.7 Å². The van der Waals surface area contributed by atoms with Crippen LogP contribution in [0.5, 0.6) is 0 Å². The first kappa shape index (κ1) is 19.8. The maximum atomic E-state index is 13.1. The molecule has 2 fully saturated rings. The van der Waals surface area contributed by atoms with Gasteiger partial charge in [0.15, 0.2) is 0 Å². The van der Waals surface area contributed by atoms with Gasteiger partial charge in [0.25, 0.3) is 0 Å². The molecule has 2 saturated heterocycles. The van der Waals surface area contributed by atoms with Gasteiger partial charge in [-0.1, -0.05) is 0 Å². The number of aliphatic carboxylic acids is 1. The van der Waals surface area contributed by atoms with Gasteiger partial charge in [-0.15, -0.1) is 0 Å². The fourth-order valence-corrected chi connectivity index (χ4v) is 3.68. The first-order valence-corrected chi connectivity index (χ1v) is 9.17. The molecule has 28 heavy (non-hydrogen) atoms. The Balaban J connectivity index is 1.60. The molecule has 9 heteroatoms. The summed E-state index contributed by atoms with van der Waals surface area (Å²) >= 11 is 0. The van der Waals surface area contributed by atoms with E-state index in [0.717, 1.165) is 0 Å². The molecule has 0 radical (unpaired) electrons. The van der Waals surface area contributed by atoms with E-state index in [1.165, 1.54) is 41.0 Å². The average molecular weight is 391 g/mol. The van der Waals surface area contributed by atoms with Crippen molar-refractivity contribution in [3.8, 4) is 0 Å². The van der Waals surface area contributed by atoms with Gasteiger partial charge in [-0.05, 0) is 44.0 Å². The second-order valence-corrected chi connectivity index (χ2v) is 7.14. The van der Waals surface area contributed by atoms with Gasteiger partial charge in [0.2, 0.25) is 17.7 Å². The Kier molecular flexibility index (Phi) is 5.62. The largest absolute Gasteiger partial charge is 0.480 e. The number of halogens is 1. The number of nitrogens with one attached hydrogen (secondary N) is 1. The highest BCUT2D eigenvalue weighted by Gasteiger charge is 2.39. The lowest BCUT2D eigenvalue weighted by atomic mass is 10.1. The molecule has 8 nitrogen and oxygen atoms in total. The maximum absolute atomic E-state index is 13.1. The van der Waals surface area contributed by atoms with Crippen LogP contribution >= 0.6 is 0 Å². The van der Waals surface area contributed by atoms with Crippen molar-refractivity contribution in [2.24, 2.45) is 5.92 Å². The van der Waals surface area contributed by atoms with Gasteiger partial charge in [0.05, 0.1) is 5.92 Å². The van der Waals surface area contributed by atoms with Gasteiger partial charge in [-0.3, -0.25) is 14.4 Å². The Morgan fingerprint density at radius 1 is 1.25 bits per heavy atom. The predicted molar refractivity (Wildman–Crippen MR) is 96.8 cm³/mol. The number of benzene rings is 1. The van der Waals surface area contributed by atoms with Gasteiger partial charge in [-0.2, -0.15) is 0 Å². The van der Waals surface area contributed by atoms with Crippen molar-refractivity contribution in [3.05, 3.63) is 30.1 Å². The average Bonchev–Trinajstić information content (AvgIpc) is 3.28. The number of amides is 3. The summed E-state index contributed by atoms with van der Waals surface area (Å²) in [5.41, 5.74) is 0.507. The highest BCUT2D eigenvalue weighted by molar-refractivity contribution is 6.01. The van der Waals surface area contributed by atoms with Crippen LogP contribution in [0.25, 0.3) is 0 Å². The van der Waals surface area contributed by atoms with Gasteiger partial charge in [-0.25, -0.2) is 9.18 Å². The molecule has 2 N–H and O–H groups in total. The fraction of sp³-hybridized carbons (Fsp3) is 0.474. The molecular weight excluding hydrogens is 369 g/mol. The van der Waals surface area contributed by atoms with Crippen LogP contribution in [0.15, 0.2) is 24.3 Å². The zero-order valence-corrected chi connectivity index (χ0v) is 15.4. The van der Waals surface area contributed by atoms with E-state index in [-0.39, 0.29) is 18.9 Å². The van der Waals surface area contributed by atoms with E-state index in [1.807, 2.05) is 0 Å². The Hall–Kier alpha value is -2.97. The second kappa shape index (κ2) is 7.95. The quantitative estimate of drug-likeness (QED) is 0.771. The minimum absolute atomic E-state index is 0.00835. The van der Waals surface area contributed by atoms with Crippen molar-refractivity contribution >= 4 is 29.4 Å². The van der Waals surface area contributed by atoms with Crippen LogP contribution < -0.4 is 10.2 Å². The normalized spacial score (nSPS) is 23.0. The number of rotatable bonds is 5. The van der Waals surface area contributed by atoms with Crippen LogP contribution in [-0.4, -0.2) is 58.9 Å². The number of carboxylic acids is 1. The summed E-state index contributed by atoms with van der Waals surface area (Å²) in [5.74, 6) is -3.25. The molecule has 1 aromatic rings. The Morgan fingerprint density at radius 3 is 2.57 bits per heavy atom. The van der Waals surface area contributed by atoms with E-state index in [2.05, 4.69) is 5.32 Å². The van der Waals surface area contributed by atoms with Gasteiger partial charge >= 0.3 is 5.97 Å². The molecule has 0 aromatic heterocycles. The molecule has 2 heterocycles. The van der Waals surface area contributed by atoms with Gasteiger partial charge in [0, 0.05) is 25.2 Å². The third kappa shape index (κ3) is 3.97. The lowest BCUT2D eigenvalue weighted by Gasteiger charge is -2.26. The summed E-state index contributed by atoms with van der Waals surface area (Å²) in [6.07, 6.45) is 0.990.